The molecule has 0 heterocycles. The highest BCUT2D eigenvalue weighted by Crippen LogP contribution is 2.24. The Balaban J connectivity index is 3.20. The second-order valence-corrected chi connectivity index (χ2v) is 3.83. The normalized spacial score (nSPS) is 9.50. The zero-order valence-corrected chi connectivity index (χ0v) is 8.91. The lowest BCUT2D eigenvalue weighted by atomic mass is 10.1. The quantitative estimate of drug-likeness (QED) is 0.742. The summed E-state index contributed by atoms with van der Waals surface area (Å²) >= 11 is 9.24. The standard InChI is InChI=1S/C9H7BrClN/c1-6-7(2-3-12)4-8(10)5-9(6)11/h4-5H,2H2,1H3. The second kappa shape index (κ2) is 3.93. The summed E-state index contributed by atoms with van der Waals surface area (Å²) in [5.41, 5.74) is 1.97. The summed E-state index contributed by atoms with van der Waals surface area (Å²) in [6.07, 6.45) is 0.408. The zero-order valence-electron chi connectivity index (χ0n) is 6.56. The van der Waals surface area contributed by atoms with Gasteiger partial charge < -0.3 is 0 Å². The predicted octanol–water partition coefficient (Wildman–Crippen LogP) is 3.48. The van der Waals surface area contributed by atoms with Gasteiger partial charge in [0, 0.05) is 9.50 Å². The maximum absolute atomic E-state index is 8.52. The van der Waals surface area contributed by atoms with Crippen LogP contribution in [0, 0.1) is 18.3 Å². The summed E-state index contributed by atoms with van der Waals surface area (Å²) < 4.78 is 0.920. The van der Waals surface area contributed by atoms with Gasteiger partial charge in [0.15, 0.2) is 0 Å². The fourth-order valence-corrected chi connectivity index (χ4v) is 1.84. The predicted molar refractivity (Wildman–Crippen MR) is 53.2 cm³/mol. The van der Waals surface area contributed by atoms with Gasteiger partial charge in [-0.05, 0) is 30.2 Å². The number of hydrogen-bond acceptors (Lipinski definition) is 1. The third-order valence-corrected chi connectivity index (χ3v) is 2.54. The van der Waals surface area contributed by atoms with E-state index in [2.05, 4.69) is 22.0 Å². The molecule has 0 spiro atoms. The van der Waals surface area contributed by atoms with E-state index >= 15 is 0 Å². The fourth-order valence-electron chi connectivity index (χ4n) is 0.968. The monoisotopic (exact) mass is 243 g/mol. The molecule has 0 saturated carbocycles. The minimum Gasteiger partial charge on any atom is -0.198 e. The lowest BCUT2D eigenvalue weighted by Gasteiger charge is -2.04. The van der Waals surface area contributed by atoms with Crippen LogP contribution in [0.2, 0.25) is 5.02 Å². The van der Waals surface area contributed by atoms with Gasteiger partial charge >= 0.3 is 0 Å². The first-order chi connectivity index (χ1) is 5.65. The number of rotatable bonds is 1. The van der Waals surface area contributed by atoms with Crippen molar-refractivity contribution in [1.29, 1.82) is 5.26 Å². The van der Waals surface area contributed by atoms with Crippen molar-refractivity contribution in [2.45, 2.75) is 13.3 Å². The van der Waals surface area contributed by atoms with Gasteiger partial charge in [-0.25, -0.2) is 0 Å². The van der Waals surface area contributed by atoms with Crippen LogP contribution >= 0.6 is 27.5 Å². The summed E-state index contributed by atoms with van der Waals surface area (Å²) in [6, 6.07) is 5.85. The van der Waals surface area contributed by atoms with Crippen molar-refractivity contribution in [2.75, 3.05) is 0 Å². The zero-order chi connectivity index (χ0) is 9.14. The Morgan fingerprint density at radius 3 is 2.83 bits per heavy atom. The molecule has 0 aliphatic heterocycles. The Bertz CT molecular complexity index is 341. The Hall–Kier alpha value is -0.520. The van der Waals surface area contributed by atoms with E-state index in [1.165, 1.54) is 0 Å². The van der Waals surface area contributed by atoms with Crippen LogP contribution in [0.4, 0.5) is 0 Å². The lowest BCUT2D eigenvalue weighted by molar-refractivity contribution is 1.21. The number of halogens is 2. The first-order valence-electron chi connectivity index (χ1n) is 3.46. The van der Waals surface area contributed by atoms with Crippen molar-refractivity contribution in [3.63, 3.8) is 0 Å². The minimum atomic E-state index is 0.408. The second-order valence-electron chi connectivity index (χ2n) is 2.51. The van der Waals surface area contributed by atoms with Crippen molar-refractivity contribution in [3.8, 4) is 6.07 Å². The molecule has 0 fully saturated rings. The van der Waals surface area contributed by atoms with Crippen LogP contribution in [0.25, 0.3) is 0 Å². The van der Waals surface area contributed by atoms with E-state index in [0.717, 1.165) is 15.6 Å². The van der Waals surface area contributed by atoms with Crippen molar-refractivity contribution in [1.82, 2.24) is 0 Å². The molecule has 12 heavy (non-hydrogen) atoms. The summed E-state index contributed by atoms with van der Waals surface area (Å²) in [5, 5.41) is 9.22. The summed E-state index contributed by atoms with van der Waals surface area (Å²) in [4.78, 5) is 0. The van der Waals surface area contributed by atoms with E-state index in [1.54, 1.807) is 0 Å². The molecule has 0 aliphatic carbocycles. The van der Waals surface area contributed by atoms with Crippen LogP contribution < -0.4 is 0 Å². The molecule has 0 aliphatic rings. The first kappa shape index (κ1) is 9.57. The number of hydrogen-bond donors (Lipinski definition) is 0. The molecule has 0 radical (unpaired) electrons. The Kier molecular flexibility index (Phi) is 3.13. The van der Waals surface area contributed by atoms with Crippen LogP contribution in [0.5, 0.6) is 0 Å². The van der Waals surface area contributed by atoms with E-state index in [-0.39, 0.29) is 0 Å². The fraction of sp³-hybridized carbons (Fsp3) is 0.222. The summed E-state index contributed by atoms with van der Waals surface area (Å²) in [5.74, 6) is 0. The van der Waals surface area contributed by atoms with Gasteiger partial charge in [-0.15, -0.1) is 0 Å². The van der Waals surface area contributed by atoms with Crippen molar-refractivity contribution < 1.29 is 0 Å². The number of nitrogens with zero attached hydrogens (tertiary/aromatic N) is 1. The van der Waals surface area contributed by atoms with Crippen LogP contribution in [0.15, 0.2) is 16.6 Å². The summed E-state index contributed by atoms with van der Waals surface area (Å²) in [7, 11) is 0. The van der Waals surface area contributed by atoms with E-state index in [0.29, 0.717) is 11.4 Å². The van der Waals surface area contributed by atoms with Gasteiger partial charge in [-0.2, -0.15) is 5.26 Å². The van der Waals surface area contributed by atoms with Gasteiger partial charge in [-0.1, -0.05) is 27.5 Å². The molecular formula is C9H7BrClN. The molecule has 0 saturated heterocycles. The Morgan fingerprint density at radius 1 is 1.58 bits per heavy atom. The highest BCUT2D eigenvalue weighted by atomic mass is 79.9. The third-order valence-electron chi connectivity index (χ3n) is 1.69. The smallest absolute Gasteiger partial charge is 0.0669 e. The molecule has 3 heteroatoms. The molecule has 1 aromatic carbocycles. The molecule has 1 aromatic rings. The summed E-state index contributed by atoms with van der Waals surface area (Å²) in [6.45, 7) is 1.92. The molecule has 0 unspecified atom stereocenters. The highest BCUT2D eigenvalue weighted by Gasteiger charge is 2.03. The molecule has 0 amide bonds. The molecule has 1 nitrogen and oxygen atoms in total. The number of benzene rings is 1. The van der Waals surface area contributed by atoms with Crippen LogP contribution in [-0.4, -0.2) is 0 Å². The van der Waals surface area contributed by atoms with E-state index in [9.17, 15) is 0 Å². The van der Waals surface area contributed by atoms with Gasteiger partial charge in [0.25, 0.3) is 0 Å². The SMILES string of the molecule is Cc1c(Cl)cc(Br)cc1CC#N. The molecule has 0 bridgehead atoms. The van der Waals surface area contributed by atoms with Crippen LogP contribution in [0.3, 0.4) is 0 Å². The van der Waals surface area contributed by atoms with Crippen molar-refractivity contribution in [3.05, 3.63) is 32.8 Å². The molecule has 62 valence electrons. The van der Waals surface area contributed by atoms with E-state index in [1.807, 2.05) is 19.1 Å². The molecule has 0 atom stereocenters. The Morgan fingerprint density at radius 2 is 2.25 bits per heavy atom. The lowest BCUT2D eigenvalue weighted by Crippen LogP contribution is -1.88. The van der Waals surface area contributed by atoms with Gasteiger partial charge in [0.05, 0.1) is 12.5 Å². The van der Waals surface area contributed by atoms with Crippen LogP contribution in [-0.2, 0) is 6.42 Å². The van der Waals surface area contributed by atoms with Crippen molar-refractivity contribution in [2.24, 2.45) is 0 Å². The average Bonchev–Trinajstić information content (AvgIpc) is 2.00. The van der Waals surface area contributed by atoms with Crippen LogP contribution in [0.1, 0.15) is 11.1 Å². The molecule has 0 N–H and O–H groups in total. The number of nitriles is 1. The highest BCUT2D eigenvalue weighted by molar-refractivity contribution is 9.10. The third kappa shape index (κ3) is 2.00. The topological polar surface area (TPSA) is 23.8 Å². The van der Waals surface area contributed by atoms with Gasteiger partial charge in [0.2, 0.25) is 0 Å². The van der Waals surface area contributed by atoms with E-state index < -0.39 is 0 Å². The maximum atomic E-state index is 8.52. The maximum Gasteiger partial charge on any atom is 0.0669 e. The largest absolute Gasteiger partial charge is 0.198 e. The average molecular weight is 245 g/mol. The molecule has 0 aromatic heterocycles. The van der Waals surface area contributed by atoms with Gasteiger partial charge in [-0.3, -0.25) is 0 Å². The van der Waals surface area contributed by atoms with E-state index in [4.69, 9.17) is 16.9 Å². The van der Waals surface area contributed by atoms with Gasteiger partial charge in [0.1, 0.15) is 0 Å². The molecule has 1 rings (SSSR count). The van der Waals surface area contributed by atoms with Crippen molar-refractivity contribution >= 4 is 27.5 Å². The Labute approximate surface area is 85.1 Å². The first-order valence-corrected chi connectivity index (χ1v) is 4.63. The molecular weight excluding hydrogens is 237 g/mol. The minimum absolute atomic E-state index is 0.408.